The van der Waals surface area contributed by atoms with Gasteiger partial charge in [0.25, 0.3) is 5.56 Å². The van der Waals surface area contributed by atoms with Crippen molar-refractivity contribution in [3.8, 4) is 0 Å². The molecule has 0 atom stereocenters. The number of aromatic nitrogens is 1. The van der Waals surface area contributed by atoms with E-state index >= 15 is 0 Å². The Labute approximate surface area is 109 Å². The highest BCUT2D eigenvalue weighted by molar-refractivity contribution is 6.31. The highest BCUT2D eigenvalue weighted by Gasteiger charge is 2.15. The third-order valence-corrected chi connectivity index (χ3v) is 3.02. The van der Waals surface area contributed by atoms with Gasteiger partial charge in [0, 0.05) is 11.6 Å². The fourth-order valence-electron chi connectivity index (χ4n) is 1.91. The van der Waals surface area contributed by atoms with Crippen molar-refractivity contribution in [1.29, 1.82) is 0 Å². The van der Waals surface area contributed by atoms with Crippen LogP contribution in [0, 0.1) is 0 Å². The molecule has 18 heavy (non-hydrogen) atoms. The Morgan fingerprint density at radius 1 is 1.39 bits per heavy atom. The van der Waals surface area contributed by atoms with Crippen molar-refractivity contribution in [2.75, 3.05) is 7.11 Å². The number of hydrogen-bond donors (Lipinski definition) is 0. The molecule has 0 bridgehead atoms. The van der Waals surface area contributed by atoms with Crippen LogP contribution in [0.5, 0.6) is 0 Å². The van der Waals surface area contributed by atoms with E-state index in [4.69, 9.17) is 11.6 Å². The third kappa shape index (κ3) is 1.99. The SMILES string of the molecule is CCn1c(=O)c(C(=O)OC)cc2ccc(Cl)cc21. The first-order chi connectivity index (χ1) is 8.58. The van der Waals surface area contributed by atoms with Gasteiger partial charge in [0.15, 0.2) is 0 Å². The van der Waals surface area contributed by atoms with Crippen molar-refractivity contribution in [3.63, 3.8) is 0 Å². The zero-order chi connectivity index (χ0) is 13.3. The second-order valence-corrected chi connectivity index (χ2v) is 4.24. The standard InChI is InChI=1S/C13H12ClNO3/c1-3-15-11-7-9(14)5-4-8(11)6-10(12(15)16)13(17)18-2/h4-7H,3H2,1-2H3. The van der Waals surface area contributed by atoms with Gasteiger partial charge in [-0.05, 0) is 30.5 Å². The van der Waals surface area contributed by atoms with Crippen LogP contribution in [-0.4, -0.2) is 17.6 Å². The molecular formula is C13H12ClNO3. The molecule has 0 saturated carbocycles. The van der Waals surface area contributed by atoms with Crippen LogP contribution in [-0.2, 0) is 11.3 Å². The van der Waals surface area contributed by atoms with Gasteiger partial charge in [0.05, 0.1) is 12.6 Å². The summed E-state index contributed by atoms with van der Waals surface area (Å²) in [6.45, 7) is 2.29. The van der Waals surface area contributed by atoms with Crippen LogP contribution < -0.4 is 5.56 Å². The molecule has 2 aromatic rings. The largest absolute Gasteiger partial charge is 0.465 e. The number of hydrogen-bond acceptors (Lipinski definition) is 3. The minimum Gasteiger partial charge on any atom is -0.465 e. The van der Waals surface area contributed by atoms with Gasteiger partial charge in [0.1, 0.15) is 5.56 Å². The molecule has 5 heteroatoms. The average Bonchev–Trinajstić information content (AvgIpc) is 2.37. The summed E-state index contributed by atoms with van der Waals surface area (Å²) < 4.78 is 6.12. The molecule has 0 aliphatic heterocycles. The van der Waals surface area contributed by atoms with E-state index in [2.05, 4.69) is 4.74 Å². The summed E-state index contributed by atoms with van der Waals surface area (Å²) in [7, 11) is 1.25. The summed E-state index contributed by atoms with van der Waals surface area (Å²) in [5, 5.41) is 1.33. The molecule has 1 aromatic carbocycles. The molecule has 0 N–H and O–H groups in total. The minimum absolute atomic E-state index is 0.0363. The van der Waals surface area contributed by atoms with E-state index in [-0.39, 0.29) is 11.1 Å². The first-order valence-corrected chi connectivity index (χ1v) is 5.87. The van der Waals surface area contributed by atoms with E-state index in [1.165, 1.54) is 17.7 Å². The van der Waals surface area contributed by atoms with Gasteiger partial charge in [-0.3, -0.25) is 4.79 Å². The molecule has 0 unspecified atom stereocenters. The Balaban J connectivity index is 2.86. The molecule has 1 aromatic heterocycles. The number of aryl methyl sites for hydroxylation is 1. The first kappa shape index (κ1) is 12.6. The zero-order valence-electron chi connectivity index (χ0n) is 10.1. The molecule has 0 fully saturated rings. The summed E-state index contributed by atoms with van der Waals surface area (Å²) in [6, 6.07) is 6.74. The van der Waals surface area contributed by atoms with Crippen molar-refractivity contribution < 1.29 is 9.53 Å². The maximum absolute atomic E-state index is 12.1. The van der Waals surface area contributed by atoms with Crippen LogP contribution in [0.2, 0.25) is 5.02 Å². The average molecular weight is 266 g/mol. The molecule has 0 spiro atoms. The monoisotopic (exact) mass is 265 g/mol. The normalized spacial score (nSPS) is 10.6. The number of esters is 1. The van der Waals surface area contributed by atoms with Gasteiger partial charge in [-0.15, -0.1) is 0 Å². The fourth-order valence-corrected chi connectivity index (χ4v) is 2.08. The van der Waals surface area contributed by atoms with Crippen LogP contribution >= 0.6 is 11.6 Å². The Kier molecular flexibility index (Phi) is 3.39. The van der Waals surface area contributed by atoms with Gasteiger partial charge in [0.2, 0.25) is 0 Å². The predicted octanol–water partition coefficient (Wildman–Crippen LogP) is 2.46. The molecule has 0 radical (unpaired) electrons. The van der Waals surface area contributed by atoms with Gasteiger partial charge < -0.3 is 9.30 Å². The number of nitrogens with zero attached hydrogens (tertiary/aromatic N) is 1. The van der Waals surface area contributed by atoms with Crippen molar-refractivity contribution in [2.24, 2.45) is 0 Å². The van der Waals surface area contributed by atoms with Crippen LogP contribution in [0.1, 0.15) is 17.3 Å². The summed E-state index contributed by atoms with van der Waals surface area (Å²) in [6.07, 6.45) is 0. The smallest absolute Gasteiger partial charge is 0.343 e. The first-order valence-electron chi connectivity index (χ1n) is 5.50. The molecule has 94 valence electrons. The number of halogens is 1. The van der Waals surface area contributed by atoms with Gasteiger partial charge in [-0.2, -0.15) is 0 Å². The lowest BCUT2D eigenvalue weighted by atomic mass is 10.1. The number of carbonyl (C=O) groups is 1. The van der Waals surface area contributed by atoms with E-state index in [0.29, 0.717) is 17.1 Å². The Hall–Kier alpha value is -1.81. The maximum atomic E-state index is 12.1. The van der Waals surface area contributed by atoms with E-state index in [1.807, 2.05) is 6.92 Å². The summed E-state index contributed by atoms with van der Waals surface area (Å²) in [5.41, 5.74) is 0.385. The number of pyridine rings is 1. The van der Waals surface area contributed by atoms with E-state index < -0.39 is 5.97 Å². The zero-order valence-corrected chi connectivity index (χ0v) is 10.8. The number of carbonyl (C=O) groups excluding carboxylic acids is 1. The van der Waals surface area contributed by atoms with Crippen LogP contribution in [0.3, 0.4) is 0 Å². The van der Waals surface area contributed by atoms with E-state index in [0.717, 1.165) is 5.39 Å². The molecule has 0 amide bonds. The molecule has 2 rings (SSSR count). The van der Waals surface area contributed by atoms with Crippen molar-refractivity contribution in [1.82, 2.24) is 4.57 Å². The van der Waals surface area contributed by atoms with Crippen molar-refractivity contribution >= 4 is 28.5 Å². The molecule has 4 nitrogen and oxygen atoms in total. The Morgan fingerprint density at radius 2 is 2.11 bits per heavy atom. The maximum Gasteiger partial charge on any atom is 0.343 e. The number of methoxy groups -OCH3 is 1. The second kappa shape index (κ2) is 4.82. The van der Waals surface area contributed by atoms with Crippen LogP contribution in [0.15, 0.2) is 29.1 Å². The fraction of sp³-hybridized carbons (Fsp3) is 0.231. The quantitative estimate of drug-likeness (QED) is 0.784. The highest BCUT2D eigenvalue weighted by Crippen LogP contribution is 2.19. The number of ether oxygens (including phenoxy) is 1. The van der Waals surface area contributed by atoms with Crippen molar-refractivity contribution in [3.05, 3.63) is 45.2 Å². The predicted molar refractivity (Wildman–Crippen MR) is 70.2 cm³/mol. The van der Waals surface area contributed by atoms with Gasteiger partial charge in [-0.25, -0.2) is 4.79 Å². The van der Waals surface area contributed by atoms with Gasteiger partial charge >= 0.3 is 5.97 Å². The van der Waals surface area contributed by atoms with E-state index in [1.54, 1.807) is 18.2 Å². The van der Waals surface area contributed by atoms with Crippen LogP contribution in [0.25, 0.3) is 10.9 Å². The van der Waals surface area contributed by atoms with E-state index in [9.17, 15) is 9.59 Å². The lowest BCUT2D eigenvalue weighted by Crippen LogP contribution is -2.26. The van der Waals surface area contributed by atoms with Crippen molar-refractivity contribution in [2.45, 2.75) is 13.5 Å². The molecule has 0 saturated heterocycles. The lowest BCUT2D eigenvalue weighted by molar-refractivity contribution is 0.0598. The number of rotatable bonds is 2. The topological polar surface area (TPSA) is 48.3 Å². The highest BCUT2D eigenvalue weighted by atomic mass is 35.5. The summed E-state index contributed by atoms with van der Waals surface area (Å²) in [4.78, 5) is 23.7. The van der Waals surface area contributed by atoms with Crippen LogP contribution in [0.4, 0.5) is 0 Å². The number of fused-ring (bicyclic) bond motifs is 1. The second-order valence-electron chi connectivity index (χ2n) is 3.80. The minimum atomic E-state index is -0.626. The summed E-state index contributed by atoms with van der Waals surface area (Å²) in [5.74, 6) is -0.626. The molecule has 0 aliphatic rings. The number of benzene rings is 1. The summed E-state index contributed by atoms with van der Waals surface area (Å²) >= 11 is 5.92. The lowest BCUT2D eigenvalue weighted by Gasteiger charge is -2.10. The van der Waals surface area contributed by atoms with Gasteiger partial charge in [-0.1, -0.05) is 17.7 Å². The Bertz CT molecular complexity index is 676. The Morgan fingerprint density at radius 3 is 2.72 bits per heavy atom. The third-order valence-electron chi connectivity index (χ3n) is 2.78. The molecule has 0 aliphatic carbocycles. The molecular weight excluding hydrogens is 254 g/mol. The molecule has 1 heterocycles.